The number of thioether (sulfide) groups is 1. The molecule has 1 atom stereocenters. The third kappa shape index (κ3) is 11.0. The molecule has 10 heteroatoms. The average molecular weight is 644 g/mol. The Labute approximate surface area is 269 Å². The zero-order valence-electron chi connectivity index (χ0n) is 27.9. The molecule has 4 aromatic rings. The van der Waals surface area contributed by atoms with Gasteiger partial charge in [0.05, 0.1) is 5.69 Å². The van der Waals surface area contributed by atoms with Gasteiger partial charge in [0.2, 0.25) is 0 Å². The molecular weight excluding hydrogens is 595 g/mol. The van der Waals surface area contributed by atoms with Crippen LogP contribution in [-0.2, 0) is 17.3 Å². The normalized spacial score (nSPS) is 13.5. The number of alkyl halides is 3. The predicted molar refractivity (Wildman–Crippen MR) is 181 cm³/mol. The zero-order valence-corrected chi connectivity index (χ0v) is 28.7. The summed E-state index contributed by atoms with van der Waals surface area (Å²) < 4.78 is 39.5. The second-order valence-electron chi connectivity index (χ2n) is 14.5. The van der Waals surface area contributed by atoms with E-state index >= 15 is 0 Å². The summed E-state index contributed by atoms with van der Waals surface area (Å²) in [5, 5.41) is 0.922. The average Bonchev–Trinajstić information content (AvgIpc) is 3.30. The summed E-state index contributed by atoms with van der Waals surface area (Å²) in [6, 6.07) is 15.0. The maximum atomic E-state index is 12.7. The highest BCUT2D eigenvalue weighted by Gasteiger charge is 2.30. The van der Waals surface area contributed by atoms with E-state index in [0.29, 0.717) is 5.65 Å². The Bertz CT molecular complexity index is 1630. The van der Waals surface area contributed by atoms with Crippen molar-refractivity contribution in [2.45, 2.75) is 114 Å². The Hall–Kier alpha value is -3.08. The van der Waals surface area contributed by atoms with Gasteiger partial charge < -0.3 is 16.5 Å². The fraction of sp³-hybridized carbons (Fsp3) is 0.486. The number of nitrogens with zero attached hydrogens (tertiary/aromatic N) is 2. The first-order chi connectivity index (χ1) is 20.5. The number of nitrogens with one attached hydrogen (secondary N) is 1. The van der Waals surface area contributed by atoms with Crippen molar-refractivity contribution in [3.63, 3.8) is 0 Å². The minimum Gasteiger partial charge on any atom is -0.343 e. The molecule has 5 N–H and O–H groups in total. The van der Waals surface area contributed by atoms with Gasteiger partial charge in [-0.3, -0.25) is 4.57 Å². The second kappa shape index (κ2) is 13.7. The molecule has 0 saturated heterocycles. The minimum absolute atomic E-state index is 0.0203. The van der Waals surface area contributed by atoms with Crippen molar-refractivity contribution in [3.8, 4) is 5.69 Å². The lowest BCUT2D eigenvalue weighted by molar-refractivity contribution is -0.0328. The highest BCUT2D eigenvalue weighted by atomic mass is 32.2. The van der Waals surface area contributed by atoms with Crippen molar-refractivity contribution >= 4 is 22.8 Å². The van der Waals surface area contributed by atoms with Crippen LogP contribution in [0.5, 0.6) is 0 Å². The molecule has 0 fully saturated rings. The molecule has 0 amide bonds. The molecule has 2 heterocycles. The smallest absolute Gasteiger partial charge is 0.343 e. The Morgan fingerprint density at radius 2 is 1.56 bits per heavy atom. The van der Waals surface area contributed by atoms with Crippen LogP contribution in [0.1, 0.15) is 104 Å². The monoisotopic (exact) mass is 643 g/mol. The summed E-state index contributed by atoms with van der Waals surface area (Å²) >= 11 is -0.0405. The standard InChI is InChI=1S/C18H22N4O.C17H26F3NS/c1-11(19)12-5-7-14(8-6-12)22-10-13-9-15(18(2,3)4)20-16(13)21-17(22)23;1-15(2,3)13-9-12(7-6-8-16(4,5)21)10-14(11-13)22-17(18,19)20/h5-11H,19H2,1-4H3,(H,20,21,23);9-11H,6-8,21H2,1-5H3/t11-;/m0./s1. The third-order valence-corrected chi connectivity index (χ3v) is 8.07. The lowest BCUT2D eigenvalue weighted by Crippen LogP contribution is -2.31. The van der Waals surface area contributed by atoms with Crippen LogP contribution in [0.25, 0.3) is 16.7 Å². The number of nitrogens with two attached hydrogens (primary N) is 2. The number of rotatable bonds is 7. The molecule has 6 nitrogen and oxygen atoms in total. The number of fused-ring (bicyclic) bond motifs is 1. The van der Waals surface area contributed by atoms with Crippen LogP contribution < -0.4 is 17.2 Å². The third-order valence-electron chi connectivity index (χ3n) is 7.37. The second-order valence-corrected chi connectivity index (χ2v) is 15.7. The largest absolute Gasteiger partial charge is 0.446 e. The van der Waals surface area contributed by atoms with Crippen molar-refractivity contribution in [1.82, 2.24) is 14.5 Å². The van der Waals surface area contributed by atoms with E-state index in [2.05, 4.69) is 36.8 Å². The van der Waals surface area contributed by atoms with Crippen LogP contribution in [-0.4, -0.2) is 25.6 Å². The molecule has 0 spiro atoms. The van der Waals surface area contributed by atoms with Crippen LogP contribution in [0, 0.1) is 0 Å². The van der Waals surface area contributed by atoms with Gasteiger partial charge in [0.15, 0.2) is 0 Å². The molecule has 246 valence electrons. The number of aromatic nitrogens is 3. The van der Waals surface area contributed by atoms with Crippen molar-refractivity contribution in [3.05, 3.63) is 87.6 Å². The van der Waals surface area contributed by atoms with Crippen molar-refractivity contribution in [2.75, 3.05) is 0 Å². The van der Waals surface area contributed by atoms with Gasteiger partial charge in [-0.1, -0.05) is 59.7 Å². The quantitative estimate of drug-likeness (QED) is 0.175. The molecular formula is C35H48F3N5OS. The first kappa shape index (κ1) is 36.4. The summed E-state index contributed by atoms with van der Waals surface area (Å²) in [6.07, 6.45) is 4.29. The molecule has 4 rings (SSSR count). The van der Waals surface area contributed by atoms with Crippen LogP contribution in [0.4, 0.5) is 13.2 Å². The van der Waals surface area contributed by atoms with E-state index in [4.69, 9.17) is 11.5 Å². The van der Waals surface area contributed by atoms with E-state index in [-0.39, 0.29) is 44.8 Å². The molecule has 45 heavy (non-hydrogen) atoms. The summed E-state index contributed by atoms with van der Waals surface area (Å²) in [5.41, 5.74) is 12.2. The van der Waals surface area contributed by atoms with Crippen molar-refractivity contribution < 1.29 is 13.2 Å². The Morgan fingerprint density at radius 3 is 2.07 bits per heavy atom. The number of halogens is 3. The Kier molecular flexibility index (Phi) is 11.1. The maximum Gasteiger partial charge on any atom is 0.446 e. The molecule has 0 aliphatic heterocycles. The van der Waals surface area contributed by atoms with E-state index in [1.54, 1.807) is 16.7 Å². The maximum absolute atomic E-state index is 12.7. The molecule has 2 aromatic heterocycles. The van der Waals surface area contributed by atoms with E-state index in [1.165, 1.54) is 0 Å². The first-order valence-corrected chi connectivity index (χ1v) is 16.0. The van der Waals surface area contributed by atoms with E-state index in [9.17, 15) is 18.0 Å². The van der Waals surface area contributed by atoms with Gasteiger partial charge in [-0.2, -0.15) is 18.2 Å². The van der Waals surface area contributed by atoms with E-state index < -0.39 is 5.51 Å². The van der Waals surface area contributed by atoms with E-state index in [0.717, 1.165) is 52.7 Å². The minimum atomic E-state index is -4.26. The fourth-order valence-electron chi connectivity index (χ4n) is 4.70. The van der Waals surface area contributed by atoms with Gasteiger partial charge in [-0.25, -0.2) is 4.79 Å². The van der Waals surface area contributed by atoms with Gasteiger partial charge in [0.1, 0.15) is 5.65 Å². The summed E-state index contributed by atoms with van der Waals surface area (Å²) in [6.45, 7) is 18.3. The van der Waals surface area contributed by atoms with Crippen LogP contribution >= 0.6 is 11.8 Å². The zero-order chi connectivity index (χ0) is 34.0. The molecule has 0 saturated carbocycles. The van der Waals surface area contributed by atoms with E-state index in [1.807, 2.05) is 78.1 Å². The van der Waals surface area contributed by atoms with Crippen LogP contribution in [0.15, 0.2) is 64.4 Å². The van der Waals surface area contributed by atoms with Crippen molar-refractivity contribution in [2.24, 2.45) is 11.5 Å². The van der Waals surface area contributed by atoms with Gasteiger partial charge >= 0.3 is 11.2 Å². The fourth-order valence-corrected chi connectivity index (χ4v) is 5.36. The Balaban J connectivity index is 0.000000246. The van der Waals surface area contributed by atoms with Gasteiger partial charge in [-0.15, -0.1) is 0 Å². The van der Waals surface area contributed by atoms with Crippen LogP contribution in [0.3, 0.4) is 0 Å². The molecule has 0 radical (unpaired) electrons. The summed E-state index contributed by atoms with van der Waals surface area (Å²) in [5.74, 6) is 0. The number of aromatic amines is 1. The van der Waals surface area contributed by atoms with Crippen molar-refractivity contribution in [1.29, 1.82) is 0 Å². The molecule has 0 unspecified atom stereocenters. The lowest BCUT2D eigenvalue weighted by Gasteiger charge is -2.22. The number of aryl methyl sites for hydroxylation is 1. The van der Waals surface area contributed by atoms with Gasteiger partial charge in [0.25, 0.3) is 0 Å². The number of hydrogen-bond acceptors (Lipinski definition) is 5. The highest BCUT2D eigenvalue weighted by molar-refractivity contribution is 8.00. The van der Waals surface area contributed by atoms with Gasteiger partial charge in [0, 0.05) is 39.2 Å². The summed E-state index contributed by atoms with van der Waals surface area (Å²) in [4.78, 5) is 20.0. The lowest BCUT2D eigenvalue weighted by atomic mass is 9.85. The number of H-pyrrole nitrogens is 1. The number of benzene rings is 2. The highest BCUT2D eigenvalue weighted by Crippen LogP contribution is 2.39. The molecule has 0 aliphatic carbocycles. The Morgan fingerprint density at radius 1 is 0.933 bits per heavy atom. The molecule has 2 aromatic carbocycles. The first-order valence-electron chi connectivity index (χ1n) is 15.2. The predicted octanol–water partition coefficient (Wildman–Crippen LogP) is 8.69. The van der Waals surface area contributed by atoms with Crippen LogP contribution in [0.2, 0.25) is 0 Å². The molecule has 0 bridgehead atoms. The SMILES string of the molecule is CC(C)(N)CCCc1cc(SC(F)(F)F)cc(C(C)(C)C)c1.C[C@H](N)c1ccc(-n2cc3cc(C(C)(C)C)[nH]c3nc2=O)cc1. The topological polar surface area (TPSA) is 103 Å². The molecule has 0 aliphatic rings. The summed E-state index contributed by atoms with van der Waals surface area (Å²) in [7, 11) is 0. The number of hydrogen-bond donors (Lipinski definition) is 3. The van der Waals surface area contributed by atoms with Gasteiger partial charge in [-0.05, 0) is 104 Å².